The summed E-state index contributed by atoms with van der Waals surface area (Å²) in [6.07, 6.45) is 2.02. The largest absolute Gasteiger partial charge is 0.388 e. The number of aliphatic hydroxyl groups is 1. The Hall–Kier alpha value is -3.58. The van der Waals surface area contributed by atoms with E-state index in [1.165, 1.54) is 36.0 Å². The minimum Gasteiger partial charge on any atom is -0.388 e. The number of halogens is 2. The van der Waals surface area contributed by atoms with Gasteiger partial charge in [-0.15, -0.1) is 0 Å². The Morgan fingerprint density at radius 2 is 1.70 bits per heavy atom. The predicted octanol–water partition coefficient (Wildman–Crippen LogP) is 2.86. The van der Waals surface area contributed by atoms with Crippen LogP contribution in [-0.4, -0.2) is 59.7 Å². The van der Waals surface area contributed by atoms with E-state index in [0.29, 0.717) is 10.7 Å². The molecule has 10 nitrogen and oxygen atoms in total. The lowest BCUT2D eigenvalue weighted by molar-refractivity contribution is -0.128. The number of carbonyl (C=O) groups excluding carboxylic acids is 2. The molecule has 1 saturated carbocycles. The number of benzene rings is 2. The summed E-state index contributed by atoms with van der Waals surface area (Å²) in [6.45, 7) is -0.338. The Kier molecular flexibility index (Phi) is 8.45. The van der Waals surface area contributed by atoms with Gasteiger partial charge in [0.1, 0.15) is 5.82 Å². The van der Waals surface area contributed by atoms with Gasteiger partial charge in [-0.2, -0.15) is 0 Å². The number of pyridine rings is 1. The lowest BCUT2D eigenvalue weighted by Crippen LogP contribution is -2.42. The van der Waals surface area contributed by atoms with Crippen LogP contribution in [0.1, 0.15) is 12.8 Å². The number of amides is 2. The van der Waals surface area contributed by atoms with Gasteiger partial charge >= 0.3 is 0 Å². The number of nitrogens with one attached hydrogen (secondary N) is 2. The third-order valence-electron chi connectivity index (χ3n) is 6.87. The average molecular weight is 591 g/mol. The zero-order valence-corrected chi connectivity index (χ0v) is 23.2. The highest BCUT2D eigenvalue weighted by Gasteiger charge is 2.51. The van der Waals surface area contributed by atoms with E-state index in [1.54, 1.807) is 36.4 Å². The van der Waals surface area contributed by atoms with Crippen LogP contribution in [0.25, 0.3) is 5.69 Å². The van der Waals surface area contributed by atoms with Crippen molar-refractivity contribution < 1.29 is 27.5 Å². The second kappa shape index (κ2) is 11.5. The van der Waals surface area contributed by atoms with Gasteiger partial charge in [0.25, 0.3) is 5.56 Å². The molecule has 2 amide bonds. The number of carbonyl (C=O) groups is 2. The number of aromatic nitrogens is 1. The molecular weight excluding hydrogens is 563 g/mol. The molecule has 40 heavy (non-hydrogen) atoms. The summed E-state index contributed by atoms with van der Waals surface area (Å²) in [5.74, 6) is -4.27. The summed E-state index contributed by atoms with van der Waals surface area (Å²) >= 11 is 5.90. The fraction of sp³-hybridized carbons (Fsp3) is 0.296. The van der Waals surface area contributed by atoms with Crippen molar-refractivity contribution in [3.05, 3.63) is 88.1 Å². The van der Waals surface area contributed by atoms with Gasteiger partial charge < -0.3 is 15.7 Å². The van der Waals surface area contributed by atoms with Crippen LogP contribution in [0.3, 0.4) is 0 Å². The van der Waals surface area contributed by atoms with Crippen molar-refractivity contribution in [3.8, 4) is 5.69 Å². The minimum absolute atomic E-state index is 0.182. The lowest BCUT2D eigenvalue weighted by Gasteiger charge is -2.27. The fourth-order valence-corrected chi connectivity index (χ4v) is 5.39. The topological polar surface area (TPSA) is 138 Å². The van der Waals surface area contributed by atoms with Crippen LogP contribution in [0.2, 0.25) is 5.02 Å². The highest BCUT2D eigenvalue weighted by molar-refractivity contribution is 7.88. The number of rotatable bonds is 8. The fourth-order valence-electron chi connectivity index (χ4n) is 4.79. The van der Waals surface area contributed by atoms with E-state index in [-0.39, 0.29) is 36.3 Å². The zero-order valence-electron chi connectivity index (χ0n) is 21.7. The molecule has 1 aromatic heterocycles. The summed E-state index contributed by atoms with van der Waals surface area (Å²) in [4.78, 5) is 38.7. The minimum atomic E-state index is -3.65. The van der Waals surface area contributed by atoms with Crippen molar-refractivity contribution in [2.75, 3.05) is 30.5 Å². The Morgan fingerprint density at radius 1 is 1.07 bits per heavy atom. The number of likely N-dealkylation sites (N-methyl/N-ethyl adjacent to an activating group) is 1. The number of sulfonamides is 1. The molecule has 13 heteroatoms. The summed E-state index contributed by atoms with van der Waals surface area (Å²) in [5.41, 5.74) is -1.58. The van der Waals surface area contributed by atoms with Crippen molar-refractivity contribution in [3.63, 3.8) is 0 Å². The van der Waals surface area contributed by atoms with Crippen molar-refractivity contribution in [1.29, 1.82) is 0 Å². The van der Waals surface area contributed by atoms with Crippen LogP contribution in [0, 0.1) is 17.7 Å². The molecule has 1 fully saturated rings. The molecule has 0 bridgehead atoms. The van der Waals surface area contributed by atoms with Gasteiger partial charge in [-0.3, -0.25) is 19.0 Å². The van der Waals surface area contributed by atoms with E-state index >= 15 is 4.39 Å². The summed E-state index contributed by atoms with van der Waals surface area (Å²) in [5, 5.41) is 16.9. The molecule has 212 valence electrons. The predicted molar refractivity (Wildman–Crippen MR) is 149 cm³/mol. The Bertz CT molecular complexity index is 1600. The quantitative estimate of drug-likeness (QED) is 0.369. The smallest absolute Gasteiger partial charge is 0.255 e. The maximum atomic E-state index is 15.0. The normalized spacial score (nSPS) is 20.9. The molecule has 3 aromatic rings. The van der Waals surface area contributed by atoms with E-state index in [4.69, 9.17) is 11.6 Å². The zero-order chi connectivity index (χ0) is 29.2. The molecule has 3 N–H and O–H groups in total. The molecule has 1 heterocycles. The van der Waals surface area contributed by atoms with Crippen molar-refractivity contribution in [2.45, 2.75) is 18.4 Å². The highest BCUT2D eigenvalue weighted by atomic mass is 35.5. The first kappa shape index (κ1) is 29.4. The maximum Gasteiger partial charge on any atom is 0.255 e. The highest BCUT2D eigenvalue weighted by Crippen LogP contribution is 2.41. The summed E-state index contributed by atoms with van der Waals surface area (Å²) in [7, 11) is -2.36. The van der Waals surface area contributed by atoms with Gasteiger partial charge in [-0.1, -0.05) is 17.7 Å². The van der Waals surface area contributed by atoms with E-state index < -0.39 is 45.1 Å². The molecule has 0 saturated heterocycles. The number of nitrogens with zero attached hydrogens (tertiary/aromatic N) is 2. The number of hydrogen-bond donors (Lipinski definition) is 3. The molecule has 3 atom stereocenters. The molecule has 1 aliphatic carbocycles. The Morgan fingerprint density at radius 3 is 2.27 bits per heavy atom. The molecule has 0 aliphatic heterocycles. The van der Waals surface area contributed by atoms with Crippen molar-refractivity contribution in [1.82, 2.24) is 8.87 Å². The first-order valence-electron chi connectivity index (χ1n) is 12.2. The van der Waals surface area contributed by atoms with Gasteiger partial charge in [0.05, 0.1) is 35.1 Å². The second-order valence-electron chi connectivity index (χ2n) is 9.92. The molecule has 0 radical (unpaired) electrons. The maximum absolute atomic E-state index is 15.0. The molecule has 1 aliphatic rings. The SMILES string of the molecule is CN(CC1(O)C[C@H](C(=O)Nc2ccc(Cl)cc2)[C@@H](C(=O)Nc2ccc(-n3ccccc3=O)cc2F)C1)S(C)(=O)=O. The molecule has 2 aromatic carbocycles. The Balaban J connectivity index is 1.58. The lowest BCUT2D eigenvalue weighted by atomic mass is 9.94. The van der Waals surface area contributed by atoms with Gasteiger partial charge in [-0.25, -0.2) is 17.1 Å². The second-order valence-corrected chi connectivity index (χ2v) is 12.4. The van der Waals surface area contributed by atoms with Crippen LogP contribution >= 0.6 is 11.6 Å². The monoisotopic (exact) mass is 590 g/mol. The van der Waals surface area contributed by atoms with E-state index in [2.05, 4.69) is 10.6 Å². The molecule has 1 unspecified atom stereocenters. The van der Waals surface area contributed by atoms with Crippen LogP contribution in [0.15, 0.2) is 71.7 Å². The van der Waals surface area contributed by atoms with Crippen molar-refractivity contribution in [2.24, 2.45) is 11.8 Å². The number of hydrogen-bond acceptors (Lipinski definition) is 6. The molecule has 4 rings (SSSR count). The van der Waals surface area contributed by atoms with Gasteiger partial charge in [0.15, 0.2) is 0 Å². The standard InChI is InChI=1S/C27H28ClFN4O6S/c1-32(40(2,38)39)16-27(37)14-20(25(35)30-18-8-6-17(28)7-9-18)21(15-27)26(36)31-23-11-10-19(13-22(23)29)33-12-4-3-5-24(33)34/h3-13,20-21,37H,14-16H2,1-2H3,(H,30,35)(H,31,36)/t20-,21-,27?/m0/s1. The Labute approximate surface area is 235 Å². The van der Waals surface area contributed by atoms with Crippen LogP contribution in [-0.2, 0) is 19.6 Å². The molecular formula is C27H28ClFN4O6S. The average Bonchev–Trinajstić information content (AvgIpc) is 3.24. The third kappa shape index (κ3) is 6.76. The van der Waals surface area contributed by atoms with Crippen LogP contribution in [0.5, 0.6) is 0 Å². The van der Waals surface area contributed by atoms with Crippen molar-refractivity contribution >= 4 is 44.8 Å². The van der Waals surface area contributed by atoms with Gasteiger partial charge in [0, 0.05) is 42.6 Å². The third-order valence-corrected chi connectivity index (χ3v) is 8.38. The van der Waals surface area contributed by atoms with E-state index in [0.717, 1.165) is 16.6 Å². The van der Waals surface area contributed by atoms with Gasteiger partial charge in [0.2, 0.25) is 21.8 Å². The van der Waals surface area contributed by atoms with Crippen LogP contribution in [0.4, 0.5) is 15.8 Å². The molecule has 0 spiro atoms. The summed E-state index contributed by atoms with van der Waals surface area (Å²) < 4.78 is 41.1. The first-order valence-corrected chi connectivity index (χ1v) is 14.5. The van der Waals surface area contributed by atoms with Gasteiger partial charge in [-0.05, 0) is 55.3 Å². The number of anilines is 2. The van der Waals surface area contributed by atoms with E-state index in [1.807, 2.05) is 0 Å². The first-order chi connectivity index (χ1) is 18.8. The van der Waals surface area contributed by atoms with Crippen LogP contribution < -0.4 is 16.2 Å². The summed E-state index contributed by atoms with van der Waals surface area (Å²) in [6, 6.07) is 14.6. The van der Waals surface area contributed by atoms with E-state index in [9.17, 15) is 27.9 Å².